The SMILES string of the molecule is Clc1cc(Cl)cc(CNc2ccc(N3CCCC3)cc2)c1. The molecule has 1 aliphatic heterocycles. The van der Waals surface area contributed by atoms with Crippen molar-refractivity contribution in [3.05, 3.63) is 58.1 Å². The molecule has 0 bridgehead atoms. The number of nitrogens with zero attached hydrogens (tertiary/aromatic N) is 1. The largest absolute Gasteiger partial charge is 0.381 e. The van der Waals surface area contributed by atoms with Crippen LogP contribution in [-0.4, -0.2) is 13.1 Å². The molecule has 2 nitrogen and oxygen atoms in total. The summed E-state index contributed by atoms with van der Waals surface area (Å²) in [6.45, 7) is 3.06. The summed E-state index contributed by atoms with van der Waals surface area (Å²) in [5.41, 5.74) is 3.49. The van der Waals surface area contributed by atoms with Crippen molar-refractivity contribution in [2.45, 2.75) is 19.4 Å². The second-order valence-corrected chi connectivity index (χ2v) is 6.25. The normalized spacial score (nSPS) is 14.5. The fraction of sp³-hybridized carbons (Fsp3) is 0.294. The summed E-state index contributed by atoms with van der Waals surface area (Å²) in [6.07, 6.45) is 2.60. The predicted molar refractivity (Wildman–Crippen MR) is 91.7 cm³/mol. The molecule has 21 heavy (non-hydrogen) atoms. The summed E-state index contributed by atoms with van der Waals surface area (Å²) in [4.78, 5) is 2.43. The van der Waals surface area contributed by atoms with E-state index < -0.39 is 0 Å². The van der Waals surface area contributed by atoms with E-state index in [4.69, 9.17) is 23.2 Å². The predicted octanol–water partition coefficient (Wildman–Crippen LogP) is 5.21. The highest BCUT2D eigenvalue weighted by atomic mass is 35.5. The Kier molecular flexibility index (Phi) is 4.57. The molecule has 1 heterocycles. The van der Waals surface area contributed by atoms with Crippen molar-refractivity contribution in [1.82, 2.24) is 0 Å². The van der Waals surface area contributed by atoms with Crippen LogP contribution >= 0.6 is 23.2 Å². The first kappa shape index (κ1) is 14.6. The van der Waals surface area contributed by atoms with Gasteiger partial charge in [-0.1, -0.05) is 23.2 Å². The van der Waals surface area contributed by atoms with E-state index in [2.05, 4.69) is 34.5 Å². The molecule has 0 saturated carbocycles. The molecule has 0 amide bonds. The van der Waals surface area contributed by atoms with E-state index in [0.29, 0.717) is 16.6 Å². The maximum atomic E-state index is 6.01. The number of hydrogen-bond acceptors (Lipinski definition) is 2. The van der Waals surface area contributed by atoms with Crippen LogP contribution in [0, 0.1) is 0 Å². The highest BCUT2D eigenvalue weighted by Gasteiger charge is 2.11. The van der Waals surface area contributed by atoms with Crippen LogP contribution in [0.4, 0.5) is 11.4 Å². The Morgan fingerprint density at radius 2 is 1.52 bits per heavy atom. The van der Waals surface area contributed by atoms with E-state index in [1.54, 1.807) is 6.07 Å². The van der Waals surface area contributed by atoms with Gasteiger partial charge in [0.15, 0.2) is 0 Å². The number of benzene rings is 2. The zero-order chi connectivity index (χ0) is 14.7. The van der Waals surface area contributed by atoms with Gasteiger partial charge < -0.3 is 10.2 Å². The van der Waals surface area contributed by atoms with Gasteiger partial charge in [-0.05, 0) is 60.9 Å². The zero-order valence-electron chi connectivity index (χ0n) is 11.8. The summed E-state index contributed by atoms with van der Waals surface area (Å²) < 4.78 is 0. The fourth-order valence-electron chi connectivity index (χ4n) is 2.68. The lowest BCUT2D eigenvalue weighted by Gasteiger charge is -2.18. The second kappa shape index (κ2) is 6.59. The molecule has 0 radical (unpaired) electrons. The van der Waals surface area contributed by atoms with E-state index in [9.17, 15) is 0 Å². The van der Waals surface area contributed by atoms with Crippen molar-refractivity contribution >= 4 is 34.6 Å². The Morgan fingerprint density at radius 3 is 2.14 bits per heavy atom. The third-order valence-corrected chi connectivity index (χ3v) is 4.19. The zero-order valence-corrected chi connectivity index (χ0v) is 13.3. The van der Waals surface area contributed by atoms with Gasteiger partial charge in [-0.2, -0.15) is 0 Å². The molecule has 3 rings (SSSR count). The van der Waals surface area contributed by atoms with Gasteiger partial charge in [0.25, 0.3) is 0 Å². The van der Waals surface area contributed by atoms with Crippen LogP contribution in [0.3, 0.4) is 0 Å². The Labute approximate surface area is 135 Å². The number of anilines is 2. The van der Waals surface area contributed by atoms with E-state index in [-0.39, 0.29) is 0 Å². The summed E-state index contributed by atoms with van der Waals surface area (Å²) in [5.74, 6) is 0. The van der Waals surface area contributed by atoms with Crippen molar-refractivity contribution in [3.63, 3.8) is 0 Å². The van der Waals surface area contributed by atoms with Crippen LogP contribution in [0.5, 0.6) is 0 Å². The number of nitrogens with one attached hydrogen (secondary N) is 1. The molecule has 1 saturated heterocycles. The molecule has 110 valence electrons. The molecule has 0 atom stereocenters. The smallest absolute Gasteiger partial charge is 0.0424 e. The molecule has 2 aromatic carbocycles. The average Bonchev–Trinajstić information content (AvgIpc) is 2.99. The van der Waals surface area contributed by atoms with E-state index in [0.717, 1.165) is 11.3 Å². The molecule has 0 aliphatic carbocycles. The van der Waals surface area contributed by atoms with Crippen molar-refractivity contribution in [3.8, 4) is 0 Å². The highest BCUT2D eigenvalue weighted by Crippen LogP contribution is 2.23. The minimum Gasteiger partial charge on any atom is -0.381 e. The molecule has 1 aliphatic rings. The van der Waals surface area contributed by atoms with Crippen molar-refractivity contribution in [2.24, 2.45) is 0 Å². The molecule has 0 aromatic heterocycles. The Balaban J connectivity index is 1.62. The van der Waals surface area contributed by atoms with Crippen molar-refractivity contribution in [2.75, 3.05) is 23.3 Å². The first-order chi connectivity index (χ1) is 10.2. The molecular formula is C17H18Cl2N2. The minimum absolute atomic E-state index is 0.670. The minimum atomic E-state index is 0.670. The topological polar surface area (TPSA) is 15.3 Å². The number of halogens is 2. The van der Waals surface area contributed by atoms with Gasteiger partial charge in [0, 0.05) is 41.1 Å². The van der Waals surface area contributed by atoms with E-state index in [1.165, 1.54) is 31.6 Å². The number of rotatable bonds is 4. The Hall–Kier alpha value is -1.38. The molecule has 4 heteroatoms. The third kappa shape index (κ3) is 3.84. The van der Waals surface area contributed by atoms with Crippen LogP contribution in [0.2, 0.25) is 10.0 Å². The third-order valence-electron chi connectivity index (χ3n) is 3.76. The van der Waals surface area contributed by atoms with E-state index >= 15 is 0 Å². The van der Waals surface area contributed by atoms with Crippen LogP contribution in [0.15, 0.2) is 42.5 Å². The van der Waals surface area contributed by atoms with Crippen LogP contribution in [0.25, 0.3) is 0 Å². The van der Waals surface area contributed by atoms with Gasteiger partial charge in [-0.15, -0.1) is 0 Å². The fourth-order valence-corrected chi connectivity index (χ4v) is 3.25. The molecule has 2 aromatic rings. The van der Waals surface area contributed by atoms with Gasteiger partial charge in [-0.3, -0.25) is 0 Å². The lowest BCUT2D eigenvalue weighted by atomic mass is 10.2. The molecule has 1 N–H and O–H groups in total. The Morgan fingerprint density at radius 1 is 0.905 bits per heavy atom. The standard InChI is InChI=1S/C17H18Cl2N2/c18-14-9-13(10-15(19)11-14)12-20-16-3-5-17(6-4-16)21-7-1-2-8-21/h3-6,9-11,20H,1-2,7-8,12H2. The quantitative estimate of drug-likeness (QED) is 0.832. The van der Waals surface area contributed by atoms with Crippen molar-refractivity contribution in [1.29, 1.82) is 0 Å². The van der Waals surface area contributed by atoms with Gasteiger partial charge in [0.05, 0.1) is 0 Å². The van der Waals surface area contributed by atoms with E-state index in [1.807, 2.05) is 12.1 Å². The molecule has 0 spiro atoms. The van der Waals surface area contributed by atoms with Gasteiger partial charge in [0.1, 0.15) is 0 Å². The summed E-state index contributed by atoms with van der Waals surface area (Å²) >= 11 is 12.0. The first-order valence-corrected chi connectivity index (χ1v) is 8.00. The van der Waals surface area contributed by atoms with Crippen LogP contribution in [-0.2, 0) is 6.54 Å². The lowest BCUT2D eigenvalue weighted by molar-refractivity contribution is 0.949. The maximum Gasteiger partial charge on any atom is 0.0424 e. The lowest BCUT2D eigenvalue weighted by Crippen LogP contribution is -2.17. The summed E-state index contributed by atoms with van der Waals surface area (Å²) in [6, 6.07) is 14.2. The van der Waals surface area contributed by atoms with Crippen molar-refractivity contribution < 1.29 is 0 Å². The second-order valence-electron chi connectivity index (χ2n) is 5.37. The average molecular weight is 321 g/mol. The highest BCUT2D eigenvalue weighted by molar-refractivity contribution is 6.34. The van der Waals surface area contributed by atoms with Gasteiger partial charge in [-0.25, -0.2) is 0 Å². The van der Waals surface area contributed by atoms with Crippen LogP contribution < -0.4 is 10.2 Å². The molecule has 1 fully saturated rings. The molecular weight excluding hydrogens is 303 g/mol. The van der Waals surface area contributed by atoms with Gasteiger partial charge in [0.2, 0.25) is 0 Å². The summed E-state index contributed by atoms with van der Waals surface area (Å²) in [5, 5.41) is 4.74. The number of hydrogen-bond donors (Lipinski definition) is 1. The summed E-state index contributed by atoms with van der Waals surface area (Å²) in [7, 11) is 0. The van der Waals surface area contributed by atoms with Gasteiger partial charge >= 0.3 is 0 Å². The first-order valence-electron chi connectivity index (χ1n) is 7.24. The molecule has 0 unspecified atom stereocenters. The Bertz CT molecular complexity index is 584. The maximum absolute atomic E-state index is 6.01. The monoisotopic (exact) mass is 320 g/mol. The van der Waals surface area contributed by atoms with Crippen LogP contribution in [0.1, 0.15) is 18.4 Å².